The third-order valence-electron chi connectivity index (χ3n) is 1.71. The van der Waals surface area contributed by atoms with Crippen molar-refractivity contribution in [2.24, 2.45) is 0 Å². The predicted octanol–water partition coefficient (Wildman–Crippen LogP) is 0.728. The molecule has 0 aliphatic heterocycles. The largest absolute Gasteiger partial charge is 0.334 e. The third-order valence-corrected chi connectivity index (χ3v) is 2.72. The first-order valence-corrected chi connectivity index (χ1v) is 6.12. The molecule has 0 aromatic carbocycles. The molecule has 0 atom stereocenters. The summed E-state index contributed by atoms with van der Waals surface area (Å²) in [7, 11) is 0. The zero-order valence-electron chi connectivity index (χ0n) is 5.66. The van der Waals surface area contributed by atoms with E-state index in [0.29, 0.717) is 0 Å². The molecule has 1 aliphatic carbocycles. The second-order valence-corrected chi connectivity index (χ2v) is 5.53. The van der Waals surface area contributed by atoms with Gasteiger partial charge in [0.25, 0.3) is 6.64 Å². The van der Waals surface area contributed by atoms with E-state index in [4.69, 9.17) is 9.79 Å². The summed E-state index contributed by atoms with van der Waals surface area (Å²) < 4.78 is 0. The van der Waals surface area contributed by atoms with E-state index >= 15 is 0 Å². The summed E-state index contributed by atoms with van der Waals surface area (Å²) in [5.74, 6) is 0. The van der Waals surface area contributed by atoms with Gasteiger partial charge in [-0.05, 0) is 24.6 Å². The summed E-state index contributed by atoms with van der Waals surface area (Å²) in [6.45, 7) is -3.13. The van der Waals surface area contributed by atoms with Gasteiger partial charge >= 0.3 is 0 Å². The van der Waals surface area contributed by atoms with Crippen LogP contribution in [0.1, 0.15) is 25.7 Å². The molecule has 0 spiro atoms. The molecule has 3 nitrogen and oxygen atoms in total. The monoisotopic (exact) mass is 181 g/mol. The Kier molecular flexibility index (Phi) is 2.83. The summed E-state index contributed by atoms with van der Waals surface area (Å²) in [5, 5.41) is 2.66. The summed E-state index contributed by atoms with van der Waals surface area (Å²) in [6, 6.07) is 0.251. The predicted molar refractivity (Wildman–Crippen MR) is 44.1 cm³/mol. The Morgan fingerprint density at radius 1 is 1.30 bits per heavy atom. The van der Waals surface area contributed by atoms with Gasteiger partial charge in [-0.3, -0.25) is 0 Å². The van der Waals surface area contributed by atoms with Gasteiger partial charge < -0.3 is 9.79 Å². The van der Waals surface area contributed by atoms with E-state index in [1.54, 1.807) is 0 Å². The van der Waals surface area contributed by atoms with E-state index in [1.165, 1.54) is 12.8 Å². The van der Waals surface area contributed by atoms with Gasteiger partial charge in [0.2, 0.25) is 0 Å². The molecular weight excluding hydrogens is 169 g/mol. The maximum Gasteiger partial charge on any atom is 0.256 e. The number of hydrogen-bond donors (Lipinski definition) is 3. The number of nitrogens with one attached hydrogen (secondary N) is 1. The minimum Gasteiger partial charge on any atom is -0.334 e. The molecule has 0 heterocycles. The van der Waals surface area contributed by atoms with Crippen LogP contribution < -0.4 is 5.09 Å². The first-order valence-electron chi connectivity index (χ1n) is 3.41. The van der Waals surface area contributed by atoms with Gasteiger partial charge in [0.1, 0.15) is 0 Å². The van der Waals surface area contributed by atoms with Crippen LogP contribution in [0.25, 0.3) is 0 Å². The summed E-state index contributed by atoms with van der Waals surface area (Å²) in [6.07, 6.45) is 4.40. The highest BCUT2D eigenvalue weighted by Crippen LogP contribution is 2.33. The third kappa shape index (κ3) is 3.08. The van der Waals surface area contributed by atoms with E-state index in [9.17, 15) is 0 Å². The molecule has 0 saturated heterocycles. The Morgan fingerprint density at radius 2 is 1.80 bits per heavy atom. The lowest BCUT2D eigenvalue weighted by molar-refractivity contribution is 0.443. The van der Waals surface area contributed by atoms with Crippen molar-refractivity contribution in [3.8, 4) is 0 Å². The van der Waals surface area contributed by atoms with Crippen LogP contribution in [-0.4, -0.2) is 15.8 Å². The molecule has 5 heteroatoms. The molecule has 0 aromatic rings. The van der Waals surface area contributed by atoms with Crippen LogP contribution in [0.2, 0.25) is 0 Å². The van der Waals surface area contributed by atoms with Crippen LogP contribution in [-0.2, 0) is 11.8 Å². The molecule has 1 aliphatic rings. The van der Waals surface area contributed by atoms with Gasteiger partial charge in [-0.1, -0.05) is 12.8 Å². The van der Waals surface area contributed by atoms with Gasteiger partial charge in [-0.15, -0.1) is 0 Å². The lowest BCUT2D eigenvalue weighted by atomic mass is 10.3. The van der Waals surface area contributed by atoms with Gasteiger partial charge in [-0.2, -0.15) is 0 Å². The summed E-state index contributed by atoms with van der Waals surface area (Å²) in [5.41, 5.74) is 0. The van der Waals surface area contributed by atoms with Crippen LogP contribution in [0, 0.1) is 0 Å². The fourth-order valence-corrected chi connectivity index (χ4v) is 2.47. The number of rotatable bonds is 2. The minimum absolute atomic E-state index is 0.251. The van der Waals surface area contributed by atoms with Crippen LogP contribution in [0.3, 0.4) is 0 Å². The summed E-state index contributed by atoms with van der Waals surface area (Å²) in [4.78, 5) is 17.7. The van der Waals surface area contributed by atoms with Crippen molar-refractivity contribution in [2.75, 3.05) is 0 Å². The average Bonchev–Trinajstić information content (AvgIpc) is 2.12. The van der Waals surface area contributed by atoms with Gasteiger partial charge in [0.05, 0.1) is 0 Å². The molecular formula is C5H12NO2PS. The van der Waals surface area contributed by atoms with E-state index in [0.717, 1.165) is 12.8 Å². The molecule has 0 bridgehead atoms. The minimum atomic E-state index is -3.13. The standard InChI is InChI=1S/C5H12NO2PS/c7-9(8,10)6-5-3-1-2-4-5/h5H,1-4H2,(H3,6,7,8,10). The Morgan fingerprint density at radius 3 is 2.20 bits per heavy atom. The quantitative estimate of drug-likeness (QED) is 0.550. The Balaban J connectivity index is 2.31. The fraction of sp³-hybridized carbons (Fsp3) is 1.00. The lowest BCUT2D eigenvalue weighted by Crippen LogP contribution is -2.22. The molecule has 1 fully saturated rings. The summed E-state index contributed by atoms with van der Waals surface area (Å²) >= 11 is 4.43. The van der Waals surface area contributed by atoms with Crippen LogP contribution in [0.15, 0.2) is 0 Å². The van der Waals surface area contributed by atoms with E-state index in [-0.39, 0.29) is 6.04 Å². The van der Waals surface area contributed by atoms with Crippen LogP contribution in [0.5, 0.6) is 0 Å². The van der Waals surface area contributed by atoms with Gasteiger partial charge in [0.15, 0.2) is 0 Å². The van der Waals surface area contributed by atoms with Crippen molar-refractivity contribution >= 4 is 18.4 Å². The normalized spacial score (nSPS) is 21.8. The highest BCUT2D eigenvalue weighted by Gasteiger charge is 2.19. The first kappa shape index (κ1) is 8.62. The van der Waals surface area contributed by atoms with Crippen molar-refractivity contribution in [1.82, 2.24) is 5.09 Å². The maximum absolute atomic E-state index is 8.85. The van der Waals surface area contributed by atoms with E-state index in [1.807, 2.05) is 0 Å². The smallest absolute Gasteiger partial charge is 0.256 e. The zero-order valence-corrected chi connectivity index (χ0v) is 7.37. The van der Waals surface area contributed by atoms with Crippen molar-refractivity contribution in [1.29, 1.82) is 0 Å². The Bertz CT molecular complexity index is 152. The van der Waals surface area contributed by atoms with E-state index < -0.39 is 6.64 Å². The Hall–Kier alpha value is 0.530. The topological polar surface area (TPSA) is 52.5 Å². The second-order valence-electron chi connectivity index (χ2n) is 2.65. The van der Waals surface area contributed by atoms with Crippen molar-refractivity contribution in [2.45, 2.75) is 31.7 Å². The molecule has 60 valence electrons. The maximum atomic E-state index is 8.85. The molecule has 1 saturated carbocycles. The molecule has 0 unspecified atom stereocenters. The van der Waals surface area contributed by atoms with Crippen molar-refractivity contribution in [3.63, 3.8) is 0 Å². The van der Waals surface area contributed by atoms with Crippen molar-refractivity contribution < 1.29 is 9.79 Å². The highest BCUT2D eigenvalue weighted by atomic mass is 32.5. The van der Waals surface area contributed by atoms with Crippen LogP contribution >= 0.6 is 6.64 Å². The molecule has 10 heavy (non-hydrogen) atoms. The van der Waals surface area contributed by atoms with Crippen molar-refractivity contribution in [3.05, 3.63) is 0 Å². The molecule has 1 rings (SSSR count). The first-order chi connectivity index (χ1) is 4.58. The van der Waals surface area contributed by atoms with Gasteiger partial charge in [0, 0.05) is 6.04 Å². The highest BCUT2D eigenvalue weighted by molar-refractivity contribution is 8.08. The second kappa shape index (κ2) is 3.28. The average molecular weight is 181 g/mol. The molecule has 0 amide bonds. The molecule has 3 N–H and O–H groups in total. The van der Waals surface area contributed by atoms with Crippen LogP contribution in [0.4, 0.5) is 0 Å². The van der Waals surface area contributed by atoms with E-state index in [2.05, 4.69) is 16.9 Å². The number of hydrogen-bond acceptors (Lipinski definition) is 1. The SMILES string of the molecule is OP(O)(=S)NC1CCCC1. The lowest BCUT2D eigenvalue weighted by Gasteiger charge is -2.14. The van der Waals surface area contributed by atoms with Gasteiger partial charge in [-0.25, -0.2) is 5.09 Å². The zero-order chi connectivity index (χ0) is 7.61. The Labute approximate surface area is 65.7 Å². The molecule has 0 radical (unpaired) electrons. The molecule has 0 aromatic heterocycles. The fourth-order valence-electron chi connectivity index (χ4n) is 1.29.